The lowest BCUT2D eigenvalue weighted by atomic mass is 10.2. The Morgan fingerprint density at radius 1 is 1.64 bits per heavy atom. The normalized spacial score (nSPS) is 12.2. The Morgan fingerprint density at radius 2 is 2.29 bits per heavy atom. The number of carbonyl (C=O) groups excluding carboxylic acids is 1. The van der Waals surface area contributed by atoms with Gasteiger partial charge in [0, 0.05) is 0 Å². The second-order valence-electron chi connectivity index (χ2n) is 2.87. The van der Waals surface area contributed by atoms with Gasteiger partial charge in [-0.2, -0.15) is 0 Å². The van der Waals surface area contributed by atoms with Gasteiger partial charge in [-0.05, 0) is 19.1 Å². The first-order valence-corrected chi connectivity index (χ1v) is 4.40. The van der Waals surface area contributed by atoms with Gasteiger partial charge in [0.25, 0.3) is 0 Å². The first-order valence-electron chi connectivity index (χ1n) is 4.02. The quantitative estimate of drug-likeness (QED) is 0.809. The molecule has 3 N–H and O–H groups in total. The van der Waals surface area contributed by atoms with Crippen LogP contribution in [-0.2, 0) is 4.79 Å². The highest BCUT2D eigenvalue weighted by Gasteiger charge is 2.12. The number of hydrogen-bond donors (Lipinski definition) is 2. The number of benzene rings is 1. The number of carbonyl (C=O) groups is 1. The molecule has 1 atom stereocenters. The van der Waals surface area contributed by atoms with Gasteiger partial charge in [-0.3, -0.25) is 4.79 Å². The molecule has 1 amide bonds. The van der Waals surface area contributed by atoms with Crippen LogP contribution in [0.25, 0.3) is 0 Å². The maximum absolute atomic E-state index is 13.3. The lowest BCUT2D eigenvalue weighted by molar-refractivity contribution is -0.118. The van der Waals surface area contributed by atoms with Gasteiger partial charge in [0.2, 0.25) is 5.91 Å². The molecule has 0 spiro atoms. The molecule has 3 nitrogen and oxygen atoms in total. The standard InChI is InChI=1S/C9H10ClFN2O/c1-5(9(12)14)13-7-4-2-3-6(10)8(7)11/h2-5,13H,1H3,(H2,12,14). The summed E-state index contributed by atoms with van der Waals surface area (Å²) < 4.78 is 13.3. The zero-order chi connectivity index (χ0) is 10.7. The zero-order valence-corrected chi connectivity index (χ0v) is 8.31. The maximum Gasteiger partial charge on any atom is 0.239 e. The van der Waals surface area contributed by atoms with Crippen molar-refractivity contribution in [1.82, 2.24) is 0 Å². The fourth-order valence-electron chi connectivity index (χ4n) is 0.920. The van der Waals surface area contributed by atoms with Gasteiger partial charge in [-0.15, -0.1) is 0 Å². The molecule has 0 radical (unpaired) electrons. The van der Waals surface area contributed by atoms with Crippen LogP contribution < -0.4 is 11.1 Å². The topological polar surface area (TPSA) is 55.1 Å². The number of primary amides is 1. The molecule has 0 saturated heterocycles. The SMILES string of the molecule is CC(Nc1cccc(Cl)c1F)C(N)=O. The average molecular weight is 217 g/mol. The molecule has 0 aliphatic heterocycles. The van der Waals surface area contributed by atoms with E-state index in [4.69, 9.17) is 17.3 Å². The summed E-state index contributed by atoms with van der Waals surface area (Å²) in [4.78, 5) is 10.7. The second kappa shape index (κ2) is 4.28. The summed E-state index contributed by atoms with van der Waals surface area (Å²) >= 11 is 5.55. The van der Waals surface area contributed by atoms with Crippen molar-refractivity contribution in [1.29, 1.82) is 0 Å². The van der Waals surface area contributed by atoms with E-state index in [0.29, 0.717) is 0 Å². The Balaban J connectivity index is 2.87. The summed E-state index contributed by atoms with van der Waals surface area (Å²) in [6.07, 6.45) is 0. The van der Waals surface area contributed by atoms with E-state index < -0.39 is 17.8 Å². The molecule has 5 heteroatoms. The third-order valence-corrected chi connectivity index (χ3v) is 2.04. The molecule has 1 aromatic carbocycles. The van der Waals surface area contributed by atoms with E-state index in [0.717, 1.165) is 0 Å². The number of nitrogens with one attached hydrogen (secondary N) is 1. The van der Waals surface area contributed by atoms with Gasteiger partial charge in [-0.1, -0.05) is 17.7 Å². The molecule has 0 saturated carbocycles. The van der Waals surface area contributed by atoms with Crippen molar-refractivity contribution >= 4 is 23.2 Å². The van der Waals surface area contributed by atoms with Crippen LogP contribution in [0.4, 0.5) is 10.1 Å². The number of anilines is 1. The van der Waals surface area contributed by atoms with Crippen LogP contribution in [0.15, 0.2) is 18.2 Å². The van der Waals surface area contributed by atoms with Crippen molar-refractivity contribution in [2.75, 3.05) is 5.32 Å². The predicted octanol–water partition coefficient (Wildman–Crippen LogP) is 1.76. The van der Waals surface area contributed by atoms with Gasteiger partial charge in [0.1, 0.15) is 6.04 Å². The zero-order valence-electron chi connectivity index (χ0n) is 7.55. The minimum absolute atomic E-state index is 0.00618. The van der Waals surface area contributed by atoms with Crippen LogP contribution in [0.2, 0.25) is 5.02 Å². The van der Waals surface area contributed by atoms with E-state index in [1.807, 2.05) is 0 Å². The van der Waals surface area contributed by atoms with Crippen molar-refractivity contribution in [3.63, 3.8) is 0 Å². The summed E-state index contributed by atoms with van der Waals surface area (Å²) in [6.45, 7) is 1.54. The van der Waals surface area contributed by atoms with Crippen LogP contribution >= 0.6 is 11.6 Å². The van der Waals surface area contributed by atoms with Gasteiger partial charge < -0.3 is 11.1 Å². The summed E-state index contributed by atoms with van der Waals surface area (Å²) in [5.74, 6) is -1.13. The Kier molecular flexibility index (Phi) is 3.30. The minimum Gasteiger partial charge on any atom is -0.371 e. The van der Waals surface area contributed by atoms with Crippen molar-refractivity contribution in [3.05, 3.63) is 29.0 Å². The highest BCUT2D eigenvalue weighted by molar-refractivity contribution is 6.31. The minimum atomic E-state index is -0.636. The molecule has 0 bridgehead atoms. The Labute approximate surface area is 86.0 Å². The second-order valence-corrected chi connectivity index (χ2v) is 3.28. The lowest BCUT2D eigenvalue weighted by Crippen LogP contribution is -2.32. The first-order chi connectivity index (χ1) is 6.52. The van der Waals surface area contributed by atoms with Crippen molar-refractivity contribution in [3.8, 4) is 0 Å². The number of nitrogens with two attached hydrogens (primary N) is 1. The van der Waals surface area contributed by atoms with Gasteiger partial charge in [0.15, 0.2) is 5.82 Å². The summed E-state index contributed by atoms with van der Waals surface area (Å²) in [5, 5.41) is 2.62. The smallest absolute Gasteiger partial charge is 0.239 e. The molecule has 76 valence electrons. The molecular formula is C9H10ClFN2O. The van der Waals surface area contributed by atoms with Crippen LogP contribution in [0.3, 0.4) is 0 Å². The predicted molar refractivity (Wildman–Crippen MR) is 53.7 cm³/mol. The molecule has 1 aromatic rings. The van der Waals surface area contributed by atoms with E-state index in [1.165, 1.54) is 12.1 Å². The maximum atomic E-state index is 13.3. The van der Waals surface area contributed by atoms with E-state index in [9.17, 15) is 9.18 Å². The molecule has 1 rings (SSSR count). The Bertz CT molecular complexity index is 357. The average Bonchev–Trinajstić information content (AvgIpc) is 2.12. The molecule has 0 fully saturated rings. The summed E-state index contributed by atoms with van der Waals surface area (Å²) in [6, 6.07) is 3.86. The van der Waals surface area contributed by atoms with Gasteiger partial charge in [-0.25, -0.2) is 4.39 Å². The Hall–Kier alpha value is -1.29. The molecular weight excluding hydrogens is 207 g/mol. The van der Waals surface area contributed by atoms with E-state index in [-0.39, 0.29) is 10.7 Å². The van der Waals surface area contributed by atoms with Gasteiger partial charge >= 0.3 is 0 Å². The molecule has 0 aliphatic rings. The Morgan fingerprint density at radius 3 is 2.86 bits per heavy atom. The number of halogens is 2. The number of hydrogen-bond acceptors (Lipinski definition) is 2. The molecule has 1 unspecified atom stereocenters. The molecule has 0 aliphatic carbocycles. The number of rotatable bonds is 3. The fourth-order valence-corrected chi connectivity index (χ4v) is 1.09. The van der Waals surface area contributed by atoms with Crippen LogP contribution in [0.1, 0.15) is 6.92 Å². The number of amides is 1. The molecule has 14 heavy (non-hydrogen) atoms. The molecule has 0 heterocycles. The van der Waals surface area contributed by atoms with Crippen LogP contribution in [0.5, 0.6) is 0 Å². The van der Waals surface area contributed by atoms with Crippen LogP contribution in [0, 0.1) is 5.82 Å². The highest BCUT2D eigenvalue weighted by atomic mass is 35.5. The van der Waals surface area contributed by atoms with Crippen molar-refractivity contribution in [2.45, 2.75) is 13.0 Å². The monoisotopic (exact) mass is 216 g/mol. The van der Waals surface area contributed by atoms with Crippen molar-refractivity contribution < 1.29 is 9.18 Å². The summed E-state index contributed by atoms with van der Waals surface area (Å²) in [7, 11) is 0. The van der Waals surface area contributed by atoms with E-state index >= 15 is 0 Å². The highest BCUT2D eigenvalue weighted by Crippen LogP contribution is 2.22. The third-order valence-electron chi connectivity index (χ3n) is 1.75. The lowest BCUT2D eigenvalue weighted by Gasteiger charge is -2.12. The largest absolute Gasteiger partial charge is 0.371 e. The van der Waals surface area contributed by atoms with E-state index in [1.54, 1.807) is 13.0 Å². The fraction of sp³-hybridized carbons (Fsp3) is 0.222. The van der Waals surface area contributed by atoms with Gasteiger partial charge in [0.05, 0.1) is 10.7 Å². The first kappa shape index (κ1) is 10.8. The van der Waals surface area contributed by atoms with E-state index in [2.05, 4.69) is 5.32 Å². The third kappa shape index (κ3) is 2.35. The summed E-state index contributed by atoms with van der Waals surface area (Å²) in [5.41, 5.74) is 5.19. The van der Waals surface area contributed by atoms with Crippen LogP contribution in [-0.4, -0.2) is 11.9 Å². The van der Waals surface area contributed by atoms with Crippen molar-refractivity contribution in [2.24, 2.45) is 5.73 Å². The molecule has 0 aromatic heterocycles.